The molecular weight excluding hydrogens is 385 g/mol. The van der Waals surface area contributed by atoms with E-state index in [0.29, 0.717) is 35.7 Å². The normalized spacial score (nSPS) is 14.0. The smallest absolute Gasteiger partial charge is 0.370 e. The number of para-hydroxylation sites is 2. The highest BCUT2D eigenvalue weighted by atomic mass is 19.4. The zero-order chi connectivity index (χ0) is 20.6. The van der Waals surface area contributed by atoms with Crippen molar-refractivity contribution in [3.63, 3.8) is 0 Å². The molecule has 0 unspecified atom stereocenters. The van der Waals surface area contributed by atoms with Gasteiger partial charge in [0.2, 0.25) is 0 Å². The largest absolute Gasteiger partial charge is 0.416 e. The van der Waals surface area contributed by atoms with Crippen molar-refractivity contribution in [2.45, 2.75) is 25.4 Å². The van der Waals surface area contributed by atoms with Gasteiger partial charge >= 0.3 is 6.18 Å². The number of benzene rings is 2. The first-order chi connectivity index (χ1) is 13.9. The number of nitrogens with zero attached hydrogens (tertiary/aromatic N) is 3. The van der Waals surface area contributed by atoms with E-state index >= 15 is 0 Å². The number of alkyl halides is 3. The third-order valence-corrected chi connectivity index (χ3v) is 4.92. The molecule has 2 aromatic carbocycles. The Hall–Kier alpha value is -3.36. The van der Waals surface area contributed by atoms with Crippen molar-refractivity contribution in [3.05, 3.63) is 69.8 Å². The van der Waals surface area contributed by atoms with Gasteiger partial charge in [0.1, 0.15) is 11.5 Å². The number of aromatic nitrogens is 2. The highest BCUT2D eigenvalue weighted by Crippen LogP contribution is 2.37. The van der Waals surface area contributed by atoms with E-state index in [-0.39, 0.29) is 5.69 Å². The van der Waals surface area contributed by atoms with Gasteiger partial charge in [-0.15, -0.1) is 0 Å². The fourth-order valence-electron chi connectivity index (χ4n) is 3.52. The molecule has 3 aromatic rings. The van der Waals surface area contributed by atoms with Gasteiger partial charge in [-0.05, 0) is 37.5 Å². The Morgan fingerprint density at radius 1 is 1.07 bits per heavy atom. The third kappa shape index (κ3) is 3.55. The Bertz CT molecular complexity index is 1060. The minimum absolute atomic E-state index is 0.0946. The number of hydrogen-bond acceptors (Lipinski definition) is 4. The summed E-state index contributed by atoms with van der Waals surface area (Å²) in [5.74, 6) is 0.645. The van der Waals surface area contributed by atoms with Crippen molar-refractivity contribution < 1.29 is 18.1 Å². The van der Waals surface area contributed by atoms with E-state index in [9.17, 15) is 23.3 Å². The van der Waals surface area contributed by atoms with E-state index in [1.54, 1.807) is 18.2 Å². The van der Waals surface area contributed by atoms with Crippen LogP contribution in [0.25, 0.3) is 16.9 Å². The van der Waals surface area contributed by atoms with Gasteiger partial charge in [-0.2, -0.15) is 18.3 Å². The lowest BCUT2D eigenvalue weighted by molar-refractivity contribution is -0.384. The van der Waals surface area contributed by atoms with Gasteiger partial charge in [0.15, 0.2) is 0 Å². The molecular formula is C20H17F3N4O2. The molecule has 0 aliphatic carbocycles. The molecule has 0 fully saturated rings. The molecule has 2 heterocycles. The lowest BCUT2D eigenvalue weighted by Gasteiger charge is -2.09. The summed E-state index contributed by atoms with van der Waals surface area (Å²) >= 11 is 0. The van der Waals surface area contributed by atoms with Crippen LogP contribution in [0.15, 0.2) is 48.5 Å². The molecule has 0 bridgehead atoms. The van der Waals surface area contributed by atoms with Gasteiger partial charge in [0, 0.05) is 23.7 Å². The quantitative estimate of drug-likeness (QED) is 0.482. The highest BCUT2D eigenvalue weighted by Gasteiger charge is 2.31. The van der Waals surface area contributed by atoms with Crippen LogP contribution in [0, 0.1) is 10.1 Å². The second-order valence-corrected chi connectivity index (χ2v) is 6.79. The maximum atomic E-state index is 12.9. The Kier molecular flexibility index (Phi) is 4.73. The van der Waals surface area contributed by atoms with Crippen LogP contribution in [0.1, 0.15) is 24.0 Å². The van der Waals surface area contributed by atoms with Crippen molar-refractivity contribution >= 4 is 11.5 Å². The summed E-state index contributed by atoms with van der Waals surface area (Å²) < 4.78 is 40.2. The van der Waals surface area contributed by atoms with Crippen LogP contribution in [-0.4, -0.2) is 21.2 Å². The van der Waals surface area contributed by atoms with Crippen LogP contribution in [-0.2, 0) is 12.6 Å². The molecule has 0 amide bonds. The molecule has 1 aliphatic rings. The van der Waals surface area contributed by atoms with Crippen LogP contribution in [0.3, 0.4) is 0 Å². The fourth-order valence-corrected chi connectivity index (χ4v) is 3.52. The number of halogens is 3. The van der Waals surface area contributed by atoms with Crippen LogP contribution >= 0.6 is 0 Å². The summed E-state index contributed by atoms with van der Waals surface area (Å²) in [5.41, 5.74) is 1.39. The minimum atomic E-state index is -4.42. The molecule has 29 heavy (non-hydrogen) atoms. The van der Waals surface area contributed by atoms with E-state index in [1.807, 2.05) is 0 Å². The summed E-state index contributed by atoms with van der Waals surface area (Å²) in [4.78, 5) is 11.0. The van der Waals surface area contributed by atoms with Gasteiger partial charge in [-0.3, -0.25) is 10.1 Å². The van der Waals surface area contributed by atoms with Crippen LogP contribution in [0.4, 0.5) is 24.7 Å². The molecule has 0 saturated carbocycles. The van der Waals surface area contributed by atoms with Gasteiger partial charge < -0.3 is 5.32 Å². The molecule has 4 rings (SSSR count). The Morgan fingerprint density at radius 2 is 1.79 bits per heavy atom. The Labute approximate surface area is 164 Å². The predicted molar refractivity (Wildman–Crippen MR) is 102 cm³/mol. The van der Waals surface area contributed by atoms with Gasteiger partial charge in [0.25, 0.3) is 5.69 Å². The van der Waals surface area contributed by atoms with Crippen molar-refractivity contribution in [2.24, 2.45) is 0 Å². The SMILES string of the molecule is O=[N+]([O-])c1ccccc1-n1nc(-c2ccc(C(F)(F)F)cc2)c2c1NCCCC2. The number of hydrogen-bond donors (Lipinski definition) is 1. The van der Waals surface area contributed by atoms with Gasteiger partial charge in [-0.25, -0.2) is 4.68 Å². The first kappa shape index (κ1) is 19.0. The number of nitro groups is 1. The monoisotopic (exact) mass is 402 g/mol. The van der Waals surface area contributed by atoms with Gasteiger partial charge in [-0.1, -0.05) is 24.3 Å². The van der Waals surface area contributed by atoms with Crippen molar-refractivity contribution in [3.8, 4) is 16.9 Å². The minimum Gasteiger partial charge on any atom is -0.370 e. The average Bonchev–Trinajstić information content (AvgIpc) is 2.88. The maximum Gasteiger partial charge on any atom is 0.416 e. The van der Waals surface area contributed by atoms with E-state index in [2.05, 4.69) is 10.4 Å². The maximum absolute atomic E-state index is 12.9. The summed E-state index contributed by atoms with van der Waals surface area (Å²) in [6.45, 7) is 0.686. The average molecular weight is 402 g/mol. The highest BCUT2D eigenvalue weighted by molar-refractivity contribution is 5.72. The summed E-state index contributed by atoms with van der Waals surface area (Å²) in [6.07, 6.45) is -1.94. The summed E-state index contributed by atoms with van der Waals surface area (Å²) in [7, 11) is 0. The van der Waals surface area contributed by atoms with Crippen molar-refractivity contribution in [1.82, 2.24) is 9.78 Å². The van der Waals surface area contributed by atoms with E-state index < -0.39 is 16.7 Å². The summed E-state index contributed by atoms with van der Waals surface area (Å²) in [5, 5.41) is 19.3. The lowest BCUT2D eigenvalue weighted by Crippen LogP contribution is -2.08. The molecule has 0 radical (unpaired) electrons. The van der Waals surface area contributed by atoms with Gasteiger partial charge in [0.05, 0.1) is 16.2 Å². The second-order valence-electron chi connectivity index (χ2n) is 6.79. The fraction of sp³-hybridized carbons (Fsp3) is 0.250. The molecule has 0 atom stereocenters. The Morgan fingerprint density at radius 3 is 2.48 bits per heavy atom. The van der Waals surface area contributed by atoms with E-state index in [0.717, 1.165) is 30.5 Å². The van der Waals surface area contributed by atoms with E-state index in [1.165, 1.54) is 22.9 Å². The number of rotatable bonds is 3. The number of nitro benzene ring substituents is 1. The first-order valence-corrected chi connectivity index (χ1v) is 9.13. The molecule has 150 valence electrons. The number of nitrogens with one attached hydrogen (secondary N) is 1. The summed E-state index contributed by atoms with van der Waals surface area (Å²) in [6, 6.07) is 11.1. The van der Waals surface area contributed by atoms with Crippen LogP contribution in [0.5, 0.6) is 0 Å². The zero-order valence-electron chi connectivity index (χ0n) is 15.2. The molecule has 0 saturated heterocycles. The topological polar surface area (TPSA) is 73.0 Å². The van der Waals surface area contributed by atoms with E-state index in [4.69, 9.17) is 0 Å². The number of fused-ring (bicyclic) bond motifs is 1. The zero-order valence-corrected chi connectivity index (χ0v) is 15.2. The molecule has 1 aliphatic heterocycles. The molecule has 1 aromatic heterocycles. The second kappa shape index (κ2) is 7.23. The molecule has 1 N–H and O–H groups in total. The van der Waals surface area contributed by atoms with Crippen LogP contribution < -0.4 is 5.32 Å². The van der Waals surface area contributed by atoms with Crippen LogP contribution in [0.2, 0.25) is 0 Å². The Balaban J connectivity index is 1.88. The molecule has 0 spiro atoms. The standard InChI is InChI=1S/C20H17F3N4O2/c21-20(22,23)14-10-8-13(9-11-14)18-15-5-3-4-12-24-19(15)26(25-18)16-6-1-2-7-17(16)27(28)29/h1-2,6-11,24H,3-5,12H2. The first-order valence-electron chi connectivity index (χ1n) is 9.13. The predicted octanol–water partition coefficient (Wildman–Crippen LogP) is 5.21. The van der Waals surface area contributed by atoms with Crippen molar-refractivity contribution in [2.75, 3.05) is 11.9 Å². The molecule has 6 nitrogen and oxygen atoms in total. The number of anilines is 1. The van der Waals surface area contributed by atoms with Crippen molar-refractivity contribution in [1.29, 1.82) is 0 Å². The third-order valence-electron chi connectivity index (χ3n) is 4.92. The lowest BCUT2D eigenvalue weighted by atomic mass is 10.0. The molecule has 9 heteroatoms.